The predicted octanol–water partition coefficient (Wildman–Crippen LogP) is 3.60. The van der Waals surface area contributed by atoms with E-state index in [1.54, 1.807) is 12.3 Å². The fraction of sp³-hybridized carbons (Fsp3) is 0.286. The fourth-order valence-corrected chi connectivity index (χ4v) is 3.19. The zero-order valence-electron chi connectivity index (χ0n) is 15.2. The molecule has 1 aliphatic rings. The Morgan fingerprint density at radius 2 is 2.04 bits per heavy atom. The Bertz CT molecular complexity index is 870. The first-order chi connectivity index (χ1) is 12.6. The van der Waals surface area contributed by atoms with Gasteiger partial charge in [-0.05, 0) is 56.9 Å². The summed E-state index contributed by atoms with van der Waals surface area (Å²) in [6.07, 6.45) is 4.22. The van der Waals surface area contributed by atoms with Crippen LogP contribution in [0.25, 0.3) is 0 Å². The lowest BCUT2D eigenvalue weighted by molar-refractivity contribution is 0.0935. The van der Waals surface area contributed by atoms with Crippen molar-refractivity contribution in [3.63, 3.8) is 0 Å². The first-order valence-corrected chi connectivity index (χ1v) is 8.88. The number of nitrogens with zero attached hydrogens (tertiary/aromatic N) is 2. The molecule has 3 rings (SSSR count). The van der Waals surface area contributed by atoms with Gasteiger partial charge in [0.05, 0.1) is 11.7 Å². The number of pyridine rings is 1. The highest BCUT2D eigenvalue weighted by Gasteiger charge is 2.26. The molecule has 1 fully saturated rings. The number of aryl methyl sites for hydroxylation is 2. The summed E-state index contributed by atoms with van der Waals surface area (Å²) in [7, 11) is 0. The number of carbonyl (C=O) groups is 1. The van der Waals surface area contributed by atoms with E-state index in [2.05, 4.69) is 10.3 Å². The molecular weight excluding hydrogens is 324 g/mol. The van der Waals surface area contributed by atoms with Crippen LogP contribution in [-0.4, -0.2) is 22.6 Å². The van der Waals surface area contributed by atoms with E-state index < -0.39 is 0 Å². The molecule has 0 bridgehead atoms. The van der Waals surface area contributed by atoms with Gasteiger partial charge in [-0.15, -0.1) is 0 Å². The highest BCUT2D eigenvalue weighted by Crippen LogP contribution is 2.26. The first kappa shape index (κ1) is 17.9. The predicted molar refractivity (Wildman–Crippen MR) is 105 cm³/mol. The molecule has 1 aromatic heterocycles. The zero-order valence-corrected chi connectivity index (χ0v) is 15.2. The summed E-state index contributed by atoms with van der Waals surface area (Å²) in [5, 5.41) is 3.06. The molecule has 1 aromatic carbocycles. The van der Waals surface area contributed by atoms with Crippen LogP contribution in [0.3, 0.4) is 0 Å². The first-order valence-electron chi connectivity index (χ1n) is 8.88. The Balaban J connectivity index is 1.82. The van der Waals surface area contributed by atoms with Gasteiger partial charge in [-0.1, -0.05) is 24.3 Å². The van der Waals surface area contributed by atoms with Crippen molar-refractivity contribution in [2.75, 3.05) is 0 Å². The van der Waals surface area contributed by atoms with E-state index >= 15 is 0 Å². The van der Waals surface area contributed by atoms with Crippen LogP contribution in [0.5, 0.6) is 0 Å². The fourth-order valence-electron chi connectivity index (χ4n) is 3.19. The number of benzene rings is 1. The molecule has 0 saturated heterocycles. The molecule has 1 saturated carbocycles. The summed E-state index contributed by atoms with van der Waals surface area (Å²) in [6, 6.07) is 13.3. The third-order valence-corrected chi connectivity index (χ3v) is 4.59. The Labute approximate surface area is 154 Å². The van der Waals surface area contributed by atoms with Crippen molar-refractivity contribution in [3.05, 3.63) is 71.2 Å². The number of carbonyl (C=O) groups excluding carboxylic acids is 1. The number of aromatic nitrogens is 1. The van der Waals surface area contributed by atoms with Gasteiger partial charge in [0.15, 0.2) is 0 Å². The minimum Gasteiger partial charge on any atom is -0.404 e. The number of nitrogens with one attached hydrogen (secondary N) is 1. The van der Waals surface area contributed by atoms with E-state index in [4.69, 9.17) is 10.7 Å². The summed E-state index contributed by atoms with van der Waals surface area (Å²) >= 11 is 0. The van der Waals surface area contributed by atoms with Gasteiger partial charge in [0.25, 0.3) is 5.91 Å². The topological polar surface area (TPSA) is 80.4 Å². The number of rotatable bonds is 3. The van der Waals surface area contributed by atoms with E-state index in [9.17, 15) is 4.79 Å². The van der Waals surface area contributed by atoms with Crippen LogP contribution in [0.1, 0.15) is 41.0 Å². The van der Waals surface area contributed by atoms with E-state index in [-0.39, 0.29) is 11.9 Å². The van der Waals surface area contributed by atoms with Gasteiger partial charge in [-0.2, -0.15) is 0 Å². The van der Waals surface area contributed by atoms with Crippen LogP contribution in [0.15, 0.2) is 59.2 Å². The number of para-hydroxylation sites is 1. The number of amides is 1. The molecule has 1 heterocycles. The smallest absolute Gasteiger partial charge is 0.270 e. The normalized spacial score (nSPS) is 20.3. The molecule has 1 unspecified atom stereocenters. The molecule has 26 heavy (non-hydrogen) atoms. The standard InChI is InChI=1S/C21H24N4O/c1-14-7-3-4-9-17(14)24-18-10-6-11-19(16(18)13-22)25-21(26)20-12-5-8-15(2)23-20/h3-5,7-9,12-13,19H,6,10-11,22H2,1-2H3,(H,25,26). The van der Waals surface area contributed by atoms with E-state index in [1.807, 2.05) is 50.2 Å². The van der Waals surface area contributed by atoms with Crippen molar-refractivity contribution >= 4 is 17.3 Å². The zero-order chi connectivity index (χ0) is 18.5. The van der Waals surface area contributed by atoms with Crippen molar-refractivity contribution in [1.82, 2.24) is 10.3 Å². The average molecular weight is 348 g/mol. The Kier molecular flexibility index (Phi) is 5.46. The minimum absolute atomic E-state index is 0.147. The summed E-state index contributed by atoms with van der Waals surface area (Å²) in [4.78, 5) is 21.7. The van der Waals surface area contributed by atoms with Gasteiger partial charge in [-0.25, -0.2) is 4.98 Å². The van der Waals surface area contributed by atoms with Gasteiger partial charge in [0, 0.05) is 23.2 Å². The van der Waals surface area contributed by atoms with Gasteiger partial charge in [0.1, 0.15) is 5.69 Å². The van der Waals surface area contributed by atoms with Crippen LogP contribution in [0.2, 0.25) is 0 Å². The Morgan fingerprint density at radius 3 is 2.77 bits per heavy atom. The van der Waals surface area contributed by atoms with Crippen molar-refractivity contribution < 1.29 is 4.79 Å². The van der Waals surface area contributed by atoms with Crippen LogP contribution in [-0.2, 0) is 0 Å². The largest absolute Gasteiger partial charge is 0.404 e. The second kappa shape index (κ2) is 7.95. The molecule has 5 heteroatoms. The third-order valence-electron chi connectivity index (χ3n) is 4.59. The summed E-state index contributed by atoms with van der Waals surface area (Å²) < 4.78 is 0. The van der Waals surface area contributed by atoms with Gasteiger partial charge in [0.2, 0.25) is 0 Å². The average Bonchev–Trinajstić information content (AvgIpc) is 2.64. The second-order valence-corrected chi connectivity index (χ2v) is 6.55. The van der Waals surface area contributed by atoms with Gasteiger partial charge >= 0.3 is 0 Å². The van der Waals surface area contributed by atoms with E-state index in [0.717, 1.165) is 47.5 Å². The summed E-state index contributed by atoms with van der Waals surface area (Å²) in [5.41, 5.74) is 11.0. The van der Waals surface area contributed by atoms with Crippen LogP contribution in [0, 0.1) is 13.8 Å². The number of hydrogen-bond acceptors (Lipinski definition) is 4. The quantitative estimate of drug-likeness (QED) is 0.889. The molecular formula is C21H24N4O. The molecule has 0 spiro atoms. The molecule has 1 amide bonds. The van der Waals surface area contributed by atoms with Crippen LogP contribution in [0.4, 0.5) is 5.69 Å². The molecule has 1 atom stereocenters. The van der Waals surface area contributed by atoms with Crippen molar-refractivity contribution in [1.29, 1.82) is 0 Å². The molecule has 5 nitrogen and oxygen atoms in total. The molecule has 0 aliphatic heterocycles. The van der Waals surface area contributed by atoms with Crippen molar-refractivity contribution in [2.24, 2.45) is 10.7 Å². The van der Waals surface area contributed by atoms with Gasteiger partial charge in [-0.3, -0.25) is 9.79 Å². The highest BCUT2D eigenvalue weighted by atomic mass is 16.1. The molecule has 0 radical (unpaired) electrons. The number of aliphatic imine (C=N–C) groups is 1. The third kappa shape index (κ3) is 3.99. The molecule has 1 aliphatic carbocycles. The second-order valence-electron chi connectivity index (χ2n) is 6.55. The van der Waals surface area contributed by atoms with Crippen molar-refractivity contribution in [2.45, 2.75) is 39.2 Å². The van der Waals surface area contributed by atoms with Crippen LogP contribution < -0.4 is 11.1 Å². The highest BCUT2D eigenvalue weighted by molar-refractivity contribution is 6.04. The summed E-state index contributed by atoms with van der Waals surface area (Å²) in [6.45, 7) is 3.91. The maximum absolute atomic E-state index is 12.6. The maximum atomic E-state index is 12.6. The maximum Gasteiger partial charge on any atom is 0.270 e. The molecule has 134 valence electrons. The minimum atomic E-state index is -0.185. The van der Waals surface area contributed by atoms with Crippen molar-refractivity contribution in [3.8, 4) is 0 Å². The lowest BCUT2D eigenvalue weighted by Crippen LogP contribution is -2.41. The lowest BCUT2D eigenvalue weighted by Gasteiger charge is -2.27. The monoisotopic (exact) mass is 348 g/mol. The van der Waals surface area contributed by atoms with Crippen LogP contribution >= 0.6 is 0 Å². The Morgan fingerprint density at radius 1 is 1.23 bits per heavy atom. The number of nitrogens with two attached hydrogens (primary N) is 1. The Hall–Kier alpha value is -2.95. The van der Waals surface area contributed by atoms with E-state index in [0.29, 0.717) is 5.69 Å². The SMILES string of the molecule is Cc1cccc(C(=O)NC2CCCC(=Nc3ccccc3C)C2=CN)n1. The number of hydrogen-bond donors (Lipinski definition) is 2. The molecule has 2 aromatic rings. The van der Waals surface area contributed by atoms with Gasteiger partial charge < -0.3 is 11.1 Å². The van der Waals surface area contributed by atoms with E-state index in [1.165, 1.54) is 0 Å². The molecule has 3 N–H and O–H groups in total. The summed E-state index contributed by atoms with van der Waals surface area (Å²) in [5.74, 6) is -0.185. The lowest BCUT2D eigenvalue weighted by atomic mass is 9.88.